The quantitative estimate of drug-likeness (QED) is 0.596. The molecular formula is C25H26N2O5. The lowest BCUT2D eigenvalue weighted by atomic mass is 10.1. The van der Waals surface area contributed by atoms with Gasteiger partial charge in [-0.3, -0.25) is 9.59 Å². The summed E-state index contributed by atoms with van der Waals surface area (Å²) in [5, 5.41) is 2.19. The summed E-state index contributed by atoms with van der Waals surface area (Å²) in [4.78, 5) is 29.2. The van der Waals surface area contributed by atoms with E-state index in [-0.39, 0.29) is 18.4 Å². The Morgan fingerprint density at radius 3 is 2.06 bits per heavy atom. The zero-order chi connectivity index (χ0) is 22.5. The van der Waals surface area contributed by atoms with Crippen molar-refractivity contribution in [3.8, 4) is 17.2 Å². The predicted molar refractivity (Wildman–Crippen MR) is 121 cm³/mol. The zero-order valence-electron chi connectivity index (χ0n) is 18.2. The highest BCUT2D eigenvalue weighted by atomic mass is 16.5. The molecule has 1 aliphatic heterocycles. The number of fused-ring (bicyclic) bond motifs is 1. The Hall–Kier alpha value is -3.74. The van der Waals surface area contributed by atoms with Crippen LogP contribution in [-0.4, -0.2) is 68.6 Å². The molecule has 1 aliphatic rings. The topological polar surface area (TPSA) is 68.3 Å². The van der Waals surface area contributed by atoms with Crippen LogP contribution in [0.2, 0.25) is 0 Å². The van der Waals surface area contributed by atoms with Crippen LogP contribution in [0.5, 0.6) is 17.2 Å². The normalized spacial score (nSPS) is 13.7. The SMILES string of the molecule is COc1cccc(OC)c1C(=O)N1CCN(C(=O)COc2ccc3ccccc3c2)CC1. The van der Waals surface area contributed by atoms with Gasteiger partial charge < -0.3 is 24.0 Å². The van der Waals surface area contributed by atoms with Crippen LogP contribution >= 0.6 is 0 Å². The maximum atomic E-state index is 13.1. The van der Waals surface area contributed by atoms with Crippen molar-refractivity contribution in [2.45, 2.75) is 0 Å². The number of piperazine rings is 1. The molecule has 0 unspecified atom stereocenters. The first kappa shape index (κ1) is 21.5. The summed E-state index contributed by atoms with van der Waals surface area (Å²) in [6.45, 7) is 1.72. The number of rotatable bonds is 6. The van der Waals surface area contributed by atoms with Gasteiger partial charge >= 0.3 is 0 Å². The maximum Gasteiger partial charge on any atom is 0.261 e. The number of nitrogens with zero attached hydrogens (tertiary/aromatic N) is 2. The van der Waals surface area contributed by atoms with Gasteiger partial charge in [-0.05, 0) is 35.0 Å². The molecule has 1 heterocycles. The van der Waals surface area contributed by atoms with Crippen molar-refractivity contribution in [3.63, 3.8) is 0 Å². The van der Waals surface area contributed by atoms with Crippen LogP contribution < -0.4 is 14.2 Å². The van der Waals surface area contributed by atoms with Crippen LogP contribution in [0.4, 0.5) is 0 Å². The van der Waals surface area contributed by atoms with E-state index in [1.54, 1.807) is 28.0 Å². The van der Waals surface area contributed by atoms with E-state index in [0.717, 1.165) is 10.8 Å². The summed E-state index contributed by atoms with van der Waals surface area (Å²) in [6.07, 6.45) is 0. The molecule has 7 nitrogen and oxygen atoms in total. The van der Waals surface area contributed by atoms with Gasteiger partial charge in [0.25, 0.3) is 11.8 Å². The van der Waals surface area contributed by atoms with Crippen LogP contribution in [0.3, 0.4) is 0 Å². The van der Waals surface area contributed by atoms with Crippen molar-refractivity contribution < 1.29 is 23.8 Å². The largest absolute Gasteiger partial charge is 0.496 e. The average molecular weight is 434 g/mol. The van der Waals surface area contributed by atoms with Crippen LogP contribution in [0.25, 0.3) is 10.8 Å². The number of methoxy groups -OCH3 is 2. The fourth-order valence-electron chi connectivity index (χ4n) is 3.87. The molecular weight excluding hydrogens is 408 g/mol. The highest BCUT2D eigenvalue weighted by Gasteiger charge is 2.28. The van der Waals surface area contributed by atoms with E-state index in [1.807, 2.05) is 42.5 Å². The molecule has 0 aliphatic carbocycles. The first-order chi connectivity index (χ1) is 15.6. The van der Waals surface area contributed by atoms with Crippen LogP contribution in [0.15, 0.2) is 60.7 Å². The molecule has 32 heavy (non-hydrogen) atoms. The first-order valence-electron chi connectivity index (χ1n) is 10.5. The fourth-order valence-corrected chi connectivity index (χ4v) is 3.87. The summed E-state index contributed by atoms with van der Waals surface area (Å²) in [7, 11) is 3.05. The van der Waals surface area contributed by atoms with Crippen molar-refractivity contribution in [3.05, 3.63) is 66.2 Å². The van der Waals surface area contributed by atoms with E-state index in [2.05, 4.69) is 0 Å². The second-order valence-electron chi connectivity index (χ2n) is 7.51. The molecule has 1 fully saturated rings. The minimum absolute atomic E-state index is 0.0351. The second kappa shape index (κ2) is 9.60. The molecule has 0 spiro atoms. The molecule has 0 bridgehead atoms. The molecule has 0 saturated carbocycles. The Morgan fingerprint density at radius 1 is 0.781 bits per heavy atom. The first-order valence-corrected chi connectivity index (χ1v) is 10.5. The minimum atomic E-state index is -0.168. The van der Waals surface area contributed by atoms with Gasteiger partial charge in [-0.1, -0.05) is 36.4 Å². The molecule has 2 amide bonds. The van der Waals surface area contributed by atoms with Gasteiger partial charge in [-0.2, -0.15) is 0 Å². The van der Waals surface area contributed by atoms with Crippen molar-refractivity contribution >= 4 is 22.6 Å². The summed E-state index contributed by atoms with van der Waals surface area (Å²) in [6, 6.07) is 19.0. The minimum Gasteiger partial charge on any atom is -0.496 e. The monoisotopic (exact) mass is 434 g/mol. The summed E-state index contributed by atoms with van der Waals surface area (Å²) < 4.78 is 16.4. The second-order valence-corrected chi connectivity index (χ2v) is 7.51. The van der Waals surface area contributed by atoms with Gasteiger partial charge in [0.05, 0.1) is 14.2 Å². The van der Waals surface area contributed by atoms with E-state index < -0.39 is 0 Å². The number of ether oxygens (including phenoxy) is 3. The number of benzene rings is 3. The number of carbonyl (C=O) groups excluding carboxylic acids is 2. The lowest BCUT2D eigenvalue weighted by Gasteiger charge is -2.35. The van der Waals surface area contributed by atoms with Crippen molar-refractivity contribution in [1.82, 2.24) is 9.80 Å². The summed E-state index contributed by atoms with van der Waals surface area (Å²) in [5.41, 5.74) is 0.400. The third kappa shape index (κ3) is 4.46. The molecule has 0 N–H and O–H groups in total. The van der Waals surface area contributed by atoms with Gasteiger partial charge in [0.15, 0.2) is 6.61 Å². The highest BCUT2D eigenvalue weighted by molar-refractivity contribution is 6.00. The Morgan fingerprint density at radius 2 is 1.41 bits per heavy atom. The van der Waals surface area contributed by atoms with Crippen molar-refractivity contribution in [1.29, 1.82) is 0 Å². The highest BCUT2D eigenvalue weighted by Crippen LogP contribution is 2.30. The third-order valence-electron chi connectivity index (χ3n) is 5.64. The lowest BCUT2D eigenvalue weighted by Crippen LogP contribution is -2.51. The number of hydrogen-bond acceptors (Lipinski definition) is 5. The molecule has 1 saturated heterocycles. The van der Waals surface area contributed by atoms with Crippen LogP contribution in [0.1, 0.15) is 10.4 Å². The summed E-state index contributed by atoms with van der Waals surface area (Å²) >= 11 is 0. The van der Waals surface area contributed by atoms with Crippen molar-refractivity contribution in [2.24, 2.45) is 0 Å². The fraction of sp³-hybridized carbons (Fsp3) is 0.280. The Bertz CT molecular complexity index is 1100. The average Bonchev–Trinajstić information content (AvgIpc) is 2.86. The number of hydrogen-bond donors (Lipinski definition) is 0. The predicted octanol–water partition coefficient (Wildman–Crippen LogP) is 3.22. The molecule has 0 aromatic heterocycles. The van der Waals surface area contributed by atoms with Gasteiger partial charge in [-0.15, -0.1) is 0 Å². The molecule has 7 heteroatoms. The molecule has 166 valence electrons. The number of carbonyl (C=O) groups is 2. The van der Waals surface area contributed by atoms with E-state index in [9.17, 15) is 9.59 Å². The Labute approximate surface area is 187 Å². The van der Waals surface area contributed by atoms with E-state index in [1.165, 1.54) is 14.2 Å². The van der Waals surface area contributed by atoms with Gasteiger partial charge in [0, 0.05) is 26.2 Å². The summed E-state index contributed by atoms with van der Waals surface area (Å²) in [5.74, 6) is 1.33. The third-order valence-corrected chi connectivity index (χ3v) is 5.64. The van der Waals surface area contributed by atoms with Crippen molar-refractivity contribution in [2.75, 3.05) is 47.0 Å². The molecule has 0 atom stereocenters. The smallest absolute Gasteiger partial charge is 0.261 e. The maximum absolute atomic E-state index is 13.1. The van der Waals surface area contributed by atoms with Gasteiger partial charge in [0.1, 0.15) is 22.8 Å². The lowest BCUT2D eigenvalue weighted by molar-refractivity contribution is -0.134. The standard InChI is InChI=1S/C25H26N2O5/c1-30-21-8-5-9-22(31-2)24(21)25(29)27-14-12-26(13-15-27)23(28)17-32-20-11-10-18-6-3-4-7-19(18)16-20/h3-11,16H,12-15,17H2,1-2H3. The van der Waals surface area contributed by atoms with E-state index >= 15 is 0 Å². The molecule has 4 rings (SSSR count). The molecule has 0 radical (unpaired) electrons. The van der Waals surface area contributed by atoms with Gasteiger partial charge in [0.2, 0.25) is 0 Å². The van der Waals surface area contributed by atoms with E-state index in [0.29, 0.717) is 49.0 Å². The Balaban J connectivity index is 1.34. The van der Waals surface area contributed by atoms with Crippen LogP contribution in [-0.2, 0) is 4.79 Å². The number of amides is 2. The van der Waals surface area contributed by atoms with Crippen LogP contribution in [0, 0.1) is 0 Å². The molecule has 3 aromatic rings. The van der Waals surface area contributed by atoms with E-state index in [4.69, 9.17) is 14.2 Å². The van der Waals surface area contributed by atoms with Gasteiger partial charge in [-0.25, -0.2) is 0 Å². The Kier molecular flexibility index (Phi) is 6.44. The zero-order valence-corrected chi connectivity index (χ0v) is 18.2. The molecule has 3 aromatic carbocycles.